The SMILES string of the molecule is CC(=O)O/N=C(\Cc1ccccc1[N+](=O)[O-])c1sccc1C. The van der Waals surface area contributed by atoms with Gasteiger partial charge in [-0.2, -0.15) is 0 Å². The summed E-state index contributed by atoms with van der Waals surface area (Å²) < 4.78 is 0. The maximum Gasteiger partial charge on any atom is 0.331 e. The number of hydrogen-bond acceptors (Lipinski definition) is 6. The van der Waals surface area contributed by atoms with Crippen molar-refractivity contribution in [2.45, 2.75) is 20.3 Å². The fourth-order valence-electron chi connectivity index (χ4n) is 1.96. The number of carbonyl (C=O) groups excluding carboxylic acids is 1. The maximum absolute atomic E-state index is 11.1. The van der Waals surface area contributed by atoms with E-state index < -0.39 is 10.9 Å². The molecule has 0 aliphatic carbocycles. The average molecular weight is 318 g/mol. The van der Waals surface area contributed by atoms with Crippen molar-refractivity contribution in [3.05, 3.63) is 61.8 Å². The molecule has 1 heterocycles. The normalized spacial score (nSPS) is 11.3. The molecule has 22 heavy (non-hydrogen) atoms. The third-order valence-electron chi connectivity index (χ3n) is 2.95. The number of oxime groups is 1. The highest BCUT2D eigenvalue weighted by Gasteiger charge is 2.18. The van der Waals surface area contributed by atoms with Gasteiger partial charge < -0.3 is 4.84 Å². The highest BCUT2D eigenvalue weighted by molar-refractivity contribution is 7.12. The first-order chi connectivity index (χ1) is 10.5. The van der Waals surface area contributed by atoms with Gasteiger partial charge in [0, 0.05) is 25.0 Å². The molecular weight excluding hydrogens is 304 g/mol. The Bertz CT molecular complexity index is 737. The summed E-state index contributed by atoms with van der Waals surface area (Å²) in [5.41, 5.74) is 2.02. The Kier molecular flexibility index (Phi) is 5.00. The van der Waals surface area contributed by atoms with Gasteiger partial charge in [0.1, 0.15) is 5.71 Å². The first kappa shape index (κ1) is 15.8. The van der Waals surface area contributed by atoms with Gasteiger partial charge in [0.2, 0.25) is 0 Å². The zero-order valence-electron chi connectivity index (χ0n) is 12.1. The summed E-state index contributed by atoms with van der Waals surface area (Å²) in [4.78, 5) is 27.3. The molecule has 114 valence electrons. The number of carbonyl (C=O) groups is 1. The topological polar surface area (TPSA) is 81.8 Å². The standard InChI is InChI=1S/C15H14N2O4S/c1-10-7-8-22-15(10)13(16-21-11(2)18)9-12-5-3-4-6-14(12)17(19)20/h3-8H,9H2,1-2H3/b16-13+. The second kappa shape index (κ2) is 6.95. The molecule has 0 amide bonds. The van der Waals surface area contributed by atoms with Gasteiger partial charge in [0.15, 0.2) is 0 Å². The number of para-hydroxylation sites is 1. The van der Waals surface area contributed by atoms with E-state index in [1.165, 1.54) is 24.3 Å². The Morgan fingerprint density at radius 3 is 2.68 bits per heavy atom. The van der Waals surface area contributed by atoms with Crippen molar-refractivity contribution >= 4 is 28.7 Å². The van der Waals surface area contributed by atoms with E-state index in [0.29, 0.717) is 11.3 Å². The van der Waals surface area contributed by atoms with E-state index in [1.807, 2.05) is 18.4 Å². The zero-order chi connectivity index (χ0) is 16.1. The predicted octanol–water partition coefficient (Wildman–Crippen LogP) is 3.47. The molecule has 6 nitrogen and oxygen atoms in total. The number of thiophene rings is 1. The summed E-state index contributed by atoms with van der Waals surface area (Å²) in [6.07, 6.45) is 0.214. The van der Waals surface area contributed by atoms with Gasteiger partial charge in [-0.1, -0.05) is 23.4 Å². The van der Waals surface area contributed by atoms with Crippen LogP contribution in [0.3, 0.4) is 0 Å². The largest absolute Gasteiger partial charge is 0.331 e. The summed E-state index contributed by atoms with van der Waals surface area (Å²) in [5, 5.41) is 16.9. The Morgan fingerprint density at radius 2 is 2.09 bits per heavy atom. The van der Waals surface area contributed by atoms with Gasteiger partial charge in [0.05, 0.1) is 9.80 Å². The molecule has 1 aromatic heterocycles. The molecule has 0 bridgehead atoms. The van der Waals surface area contributed by atoms with E-state index in [2.05, 4.69) is 5.16 Å². The monoisotopic (exact) mass is 318 g/mol. The molecule has 2 aromatic rings. The van der Waals surface area contributed by atoms with Gasteiger partial charge >= 0.3 is 5.97 Å². The van der Waals surface area contributed by atoms with E-state index >= 15 is 0 Å². The quantitative estimate of drug-likeness (QED) is 0.366. The van der Waals surface area contributed by atoms with Crippen LogP contribution in [0.25, 0.3) is 0 Å². The second-order valence-electron chi connectivity index (χ2n) is 4.62. The predicted molar refractivity (Wildman–Crippen MR) is 84.2 cm³/mol. The lowest BCUT2D eigenvalue weighted by atomic mass is 10.0. The summed E-state index contributed by atoms with van der Waals surface area (Å²) in [6, 6.07) is 8.38. The van der Waals surface area contributed by atoms with Crippen molar-refractivity contribution in [2.75, 3.05) is 0 Å². The summed E-state index contributed by atoms with van der Waals surface area (Å²) in [6.45, 7) is 3.17. The van der Waals surface area contributed by atoms with Crippen LogP contribution < -0.4 is 0 Å². The highest BCUT2D eigenvalue weighted by Crippen LogP contribution is 2.23. The molecule has 0 saturated heterocycles. The molecule has 0 radical (unpaired) electrons. The number of hydrogen-bond donors (Lipinski definition) is 0. The van der Waals surface area contributed by atoms with Crippen LogP contribution >= 0.6 is 11.3 Å². The Balaban J connectivity index is 2.40. The van der Waals surface area contributed by atoms with E-state index in [1.54, 1.807) is 18.2 Å². The minimum Gasteiger partial charge on any atom is -0.318 e. The number of nitrogens with zero attached hydrogens (tertiary/aromatic N) is 2. The summed E-state index contributed by atoms with van der Waals surface area (Å²) >= 11 is 1.45. The fraction of sp³-hybridized carbons (Fsp3) is 0.200. The minimum absolute atomic E-state index is 0.0206. The molecule has 0 unspecified atom stereocenters. The third kappa shape index (κ3) is 3.76. The van der Waals surface area contributed by atoms with E-state index in [4.69, 9.17) is 4.84 Å². The van der Waals surface area contributed by atoms with Crippen molar-refractivity contribution in [1.82, 2.24) is 0 Å². The molecule has 2 rings (SSSR count). The number of nitro benzene ring substituents is 1. The Morgan fingerprint density at radius 1 is 1.36 bits per heavy atom. The second-order valence-corrected chi connectivity index (χ2v) is 5.53. The van der Waals surface area contributed by atoms with E-state index in [9.17, 15) is 14.9 Å². The van der Waals surface area contributed by atoms with Crippen LogP contribution in [0.1, 0.15) is 22.9 Å². The number of aryl methyl sites for hydroxylation is 1. The molecule has 0 spiro atoms. The minimum atomic E-state index is -0.533. The lowest BCUT2D eigenvalue weighted by molar-refractivity contribution is -0.385. The van der Waals surface area contributed by atoms with Crippen LogP contribution in [0.5, 0.6) is 0 Å². The van der Waals surface area contributed by atoms with Crippen LogP contribution in [0.15, 0.2) is 40.9 Å². The number of rotatable bonds is 5. The van der Waals surface area contributed by atoms with Crippen LogP contribution in [0, 0.1) is 17.0 Å². The first-order valence-corrected chi connectivity index (χ1v) is 7.38. The molecule has 0 atom stereocenters. The van der Waals surface area contributed by atoms with E-state index in [-0.39, 0.29) is 12.1 Å². The molecule has 0 fully saturated rings. The molecule has 0 saturated carbocycles. The molecule has 0 aliphatic heterocycles. The number of benzene rings is 1. The Labute approximate surface area is 131 Å². The molecule has 0 N–H and O–H groups in total. The van der Waals surface area contributed by atoms with Crippen molar-refractivity contribution < 1.29 is 14.6 Å². The van der Waals surface area contributed by atoms with Gasteiger partial charge in [-0.3, -0.25) is 10.1 Å². The number of nitro groups is 1. The lowest BCUT2D eigenvalue weighted by Gasteiger charge is -2.06. The lowest BCUT2D eigenvalue weighted by Crippen LogP contribution is -2.09. The van der Waals surface area contributed by atoms with Gasteiger partial charge in [0.25, 0.3) is 5.69 Å². The first-order valence-electron chi connectivity index (χ1n) is 6.50. The van der Waals surface area contributed by atoms with Gasteiger partial charge in [-0.05, 0) is 23.9 Å². The smallest absolute Gasteiger partial charge is 0.318 e. The fourth-order valence-corrected chi connectivity index (χ4v) is 2.87. The van der Waals surface area contributed by atoms with Gasteiger partial charge in [-0.25, -0.2) is 4.79 Å². The highest BCUT2D eigenvalue weighted by atomic mass is 32.1. The summed E-state index contributed by atoms with van der Waals surface area (Å²) in [7, 11) is 0. The third-order valence-corrected chi connectivity index (χ3v) is 4.02. The van der Waals surface area contributed by atoms with Crippen LogP contribution in [0.4, 0.5) is 5.69 Å². The van der Waals surface area contributed by atoms with Crippen molar-refractivity contribution in [3.8, 4) is 0 Å². The average Bonchev–Trinajstić information content (AvgIpc) is 2.89. The van der Waals surface area contributed by atoms with Crippen LogP contribution in [0.2, 0.25) is 0 Å². The van der Waals surface area contributed by atoms with Crippen molar-refractivity contribution in [3.63, 3.8) is 0 Å². The molecule has 7 heteroatoms. The van der Waals surface area contributed by atoms with Crippen LogP contribution in [-0.4, -0.2) is 16.6 Å². The Hall–Kier alpha value is -2.54. The molecular formula is C15H14N2O4S. The summed E-state index contributed by atoms with van der Waals surface area (Å²) in [5.74, 6) is -0.533. The maximum atomic E-state index is 11.1. The van der Waals surface area contributed by atoms with E-state index in [0.717, 1.165) is 10.4 Å². The van der Waals surface area contributed by atoms with Crippen LogP contribution in [-0.2, 0) is 16.1 Å². The zero-order valence-corrected chi connectivity index (χ0v) is 12.9. The molecule has 1 aromatic carbocycles. The van der Waals surface area contributed by atoms with Gasteiger partial charge in [-0.15, -0.1) is 11.3 Å². The van der Waals surface area contributed by atoms with Crippen molar-refractivity contribution in [1.29, 1.82) is 0 Å². The van der Waals surface area contributed by atoms with Crippen molar-refractivity contribution in [2.24, 2.45) is 5.16 Å². The molecule has 0 aliphatic rings.